The van der Waals surface area contributed by atoms with E-state index < -0.39 is 0 Å². The van der Waals surface area contributed by atoms with Gasteiger partial charge in [0, 0.05) is 6.07 Å². The van der Waals surface area contributed by atoms with Crippen LogP contribution in [-0.2, 0) is 4.79 Å². The first kappa shape index (κ1) is 17.0. The van der Waals surface area contributed by atoms with Gasteiger partial charge in [0.25, 0.3) is 0 Å². The molecular formula is C23H28N2O2. The van der Waals surface area contributed by atoms with E-state index in [0.29, 0.717) is 5.88 Å². The fourth-order valence-electron chi connectivity index (χ4n) is 6.05. The molecule has 4 aliphatic carbocycles. The third kappa shape index (κ3) is 2.90. The largest absolute Gasteiger partial charge is 0.407 e. The predicted octanol–water partition coefficient (Wildman–Crippen LogP) is 5.12. The molecule has 4 fully saturated rings. The van der Waals surface area contributed by atoms with Gasteiger partial charge in [-0.15, -0.1) is 0 Å². The Kier molecular flexibility index (Phi) is 3.92. The average Bonchev–Trinajstić information content (AvgIpc) is 3.05. The number of nitrogens with zero attached hydrogens (tertiary/aromatic N) is 2. The molecule has 27 heavy (non-hydrogen) atoms. The normalized spacial score (nSPS) is 31.4. The highest BCUT2D eigenvalue weighted by Gasteiger charge is 2.55. The second-order valence-electron chi connectivity index (χ2n) is 9.40. The summed E-state index contributed by atoms with van der Waals surface area (Å²) in [6.45, 7) is 4.23. The van der Waals surface area contributed by atoms with Crippen molar-refractivity contribution in [1.82, 2.24) is 9.78 Å². The quantitative estimate of drug-likeness (QED) is 0.708. The van der Waals surface area contributed by atoms with Crippen molar-refractivity contribution in [3.05, 3.63) is 42.1 Å². The molecule has 0 aliphatic heterocycles. The lowest BCUT2D eigenvalue weighted by atomic mass is 9.49. The zero-order chi connectivity index (χ0) is 18.6. The second-order valence-corrected chi connectivity index (χ2v) is 9.40. The summed E-state index contributed by atoms with van der Waals surface area (Å²) in [7, 11) is 0. The van der Waals surface area contributed by atoms with Crippen LogP contribution in [0, 0.1) is 23.2 Å². The number of hydrogen-bond donors (Lipinski definition) is 0. The number of carbonyl (C=O) groups excluding carboxylic acids is 1. The standard InChI is InChI=1S/C23H28N2O2/c1-15(2)20-11-21(25(24-20)19-6-4-3-5-7-19)27-22(26)23-12-16-8-17(13-23)10-18(9-16)14-23/h3-7,11,15-18H,8-10,12-14H2,1-2H3. The van der Waals surface area contributed by atoms with Crippen molar-refractivity contribution in [1.29, 1.82) is 0 Å². The van der Waals surface area contributed by atoms with E-state index in [4.69, 9.17) is 9.84 Å². The summed E-state index contributed by atoms with van der Waals surface area (Å²) < 4.78 is 7.86. The number of rotatable bonds is 4. The van der Waals surface area contributed by atoms with Crippen molar-refractivity contribution in [2.45, 2.75) is 58.3 Å². The number of carbonyl (C=O) groups is 1. The third-order valence-electron chi connectivity index (χ3n) is 6.96. The van der Waals surface area contributed by atoms with Crippen molar-refractivity contribution in [2.24, 2.45) is 23.2 Å². The summed E-state index contributed by atoms with van der Waals surface area (Å²) in [5, 5.41) is 4.72. The Morgan fingerprint density at radius 2 is 1.67 bits per heavy atom. The number of benzene rings is 1. The van der Waals surface area contributed by atoms with E-state index in [0.717, 1.165) is 48.4 Å². The molecule has 4 saturated carbocycles. The van der Waals surface area contributed by atoms with Gasteiger partial charge in [0.1, 0.15) is 0 Å². The van der Waals surface area contributed by atoms with Crippen molar-refractivity contribution >= 4 is 5.97 Å². The molecule has 0 amide bonds. The Hall–Kier alpha value is -2.10. The Morgan fingerprint density at radius 1 is 1.07 bits per heavy atom. The van der Waals surface area contributed by atoms with E-state index in [1.165, 1.54) is 19.3 Å². The minimum Gasteiger partial charge on any atom is -0.407 e. The zero-order valence-electron chi connectivity index (χ0n) is 16.2. The molecule has 142 valence electrons. The molecule has 6 rings (SSSR count). The van der Waals surface area contributed by atoms with Crippen LogP contribution < -0.4 is 4.74 Å². The summed E-state index contributed by atoms with van der Waals surface area (Å²) >= 11 is 0. The van der Waals surface area contributed by atoms with Gasteiger partial charge in [0.05, 0.1) is 16.8 Å². The van der Waals surface area contributed by atoms with Gasteiger partial charge in [-0.2, -0.15) is 5.10 Å². The van der Waals surface area contributed by atoms with Crippen molar-refractivity contribution in [3.63, 3.8) is 0 Å². The lowest BCUT2D eigenvalue weighted by Gasteiger charge is -2.55. The molecule has 1 aromatic heterocycles. The lowest BCUT2D eigenvalue weighted by Crippen LogP contribution is -2.51. The van der Waals surface area contributed by atoms with Gasteiger partial charge in [0.2, 0.25) is 5.88 Å². The van der Waals surface area contributed by atoms with E-state index in [2.05, 4.69) is 13.8 Å². The predicted molar refractivity (Wildman–Crippen MR) is 104 cm³/mol. The summed E-state index contributed by atoms with van der Waals surface area (Å²) in [5.74, 6) is 3.02. The first-order chi connectivity index (χ1) is 13.0. The molecule has 4 bridgehead atoms. The van der Waals surface area contributed by atoms with E-state index in [1.54, 1.807) is 4.68 Å². The topological polar surface area (TPSA) is 44.1 Å². The first-order valence-electron chi connectivity index (χ1n) is 10.4. The van der Waals surface area contributed by atoms with E-state index in [1.807, 2.05) is 36.4 Å². The minimum absolute atomic E-state index is 0.0195. The van der Waals surface area contributed by atoms with Gasteiger partial charge in [-0.1, -0.05) is 32.0 Å². The van der Waals surface area contributed by atoms with E-state index >= 15 is 0 Å². The average molecular weight is 364 g/mol. The van der Waals surface area contributed by atoms with Gasteiger partial charge in [0.15, 0.2) is 0 Å². The van der Waals surface area contributed by atoms with Crippen LogP contribution >= 0.6 is 0 Å². The maximum absolute atomic E-state index is 13.4. The Labute approximate surface area is 160 Å². The fraction of sp³-hybridized carbons (Fsp3) is 0.565. The van der Waals surface area contributed by atoms with E-state index in [9.17, 15) is 4.79 Å². The molecule has 1 aromatic carbocycles. The van der Waals surface area contributed by atoms with Gasteiger partial charge in [-0.25, -0.2) is 4.68 Å². The van der Waals surface area contributed by atoms with Gasteiger partial charge < -0.3 is 4.74 Å². The van der Waals surface area contributed by atoms with Gasteiger partial charge in [-0.05, 0) is 74.3 Å². The molecule has 0 unspecified atom stereocenters. The zero-order valence-corrected chi connectivity index (χ0v) is 16.2. The van der Waals surface area contributed by atoms with Gasteiger partial charge in [-0.3, -0.25) is 4.79 Å². The molecule has 4 aliphatic rings. The van der Waals surface area contributed by atoms with Crippen molar-refractivity contribution in [3.8, 4) is 11.6 Å². The highest BCUT2D eigenvalue weighted by atomic mass is 16.5. The Balaban J connectivity index is 1.46. The maximum Gasteiger partial charge on any atom is 0.318 e. The Bertz CT molecular complexity index is 817. The number of esters is 1. The Morgan fingerprint density at radius 3 is 2.22 bits per heavy atom. The van der Waals surface area contributed by atoms with Crippen LogP contribution in [0.2, 0.25) is 0 Å². The molecule has 0 radical (unpaired) electrons. The van der Waals surface area contributed by atoms with Crippen LogP contribution in [0.1, 0.15) is 64.0 Å². The van der Waals surface area contributed by atoms with Crippen LogP contribution in [0.3, 0.4) is 0 Å². The highest BCUT2D eigenvalue weighted by Crippen LogP contribution is 2.60. The molecule has 0 spiro atoms. The minimum atomic E-state index is -0.251. The van der Waals surface area contributed by atoms with Crippen LogP contribution in [-0.4, -0.2) is 15.7 Å². The molecular weight excluding hydrogens is 336 g/mol. The van der Waals surface area contributed by atoms with Crippen LogP contribution in [0.4, 0.5) is 0 Å². The SMILES string of the molecule is CC(C)c1cc(OC(=O)C23CC4CC(CC(C4)C2)C3)n(-c2ccccc2)n1. The molecule has 0 saturated heterocycles. The molecule has 0 atom stereocenters. The third-order valence-corrected chi connectivity index (χ3v) is 6.96. The summed E-state index contributed by atoms with van der Waals surface area (Å²) in [4.78, 5) is 13.4. The maximum atomic E-state index is 13.4. The smallest absolute Gasteiger partial charge is 0.318 e. The fourth-order valence-corrected chi connectivity index (χ4v) is 6.05. The monoisotopic (exact) mass is 364 g/mol. The number of hydrogen-bond acceptors (Lipinski definition) is 3. The summed E-state index contributed by atoms with van der Waals surface area (Å²) in [6.07, 6.45) is 7.04. The summed E-state index contributed by atoms with van der Waals surface area (Å²) in [6, 6.07) is 11.9. The second kappa shape index (κ2) is 6.22. The lowest BCUT2D eigenvalue weighted by molar-refractivity contribution is -0.162. The van der Waals surface area contributed by atoms with Crippen LogP contribution in [0.25, 0.3) is 5.69 Å². The molecule has 4 heteroatoms. The number of aromatic nitrogens is 2. The van der Waals surface area contributed by atoms with E-state index in [-0.39, 0.29) is 17.3 Å². The first-order valence-corrected chi connectivity index (χ1v) is 10.4. The highest BCUT2D eigenvalue weighted by molar-refractivity contribution is 5.79. The van der Waals surface area contributed by atoms with Crippen molar-refractivity contribution < 1.29 is 9.53 Å². The molecule has 1 heterocycles. The molecule has 4 nitrogen and oxygen atoms in total. The van der Waals surface area contributed by atoms with Crippen LogP contribution in [0.15, 0.2) is 36.4 Å². The summed E-state index contributed by atoms with van der Waals surface area (Å²) in [5.41, 5.74) is 1.63. The van der Waals surface area contributed by atoms with Crippen LogP contribution in [0.5, 0.6) is 5.88 Å². The molecule has 2 aromatic rings. The number of para-hydroxylation sites is 1. The number of ether oxygens (including phenoxy) is 1. The molecule has 0 N–H and O–H groups in total. The van der Waals surface area contributed by atoms with Crippen molar-refractivity contribution in [2.75, 3.05) is 0 Å². The van der Waals surface area contributed by atoms with Gasteiger partial charge >= 0.3 is 5.97 Å².